The fraction of sp³-hybridized carbons (Fsp3) is 0.389. The Labute approximate surface area is 151 Å². The Morgan fingerprint density at radius 1 is 1.38 bits per heavy atom. The van der Waals surface area contributed by atoms with Gasteiger partial charge in [0.05, 0.1) is 24.0 Å². The molecule has 1 atom stereocenters. The van der Waals surface area contributed by atoms with Gasteiger partial charge in [-0.05, 0) is 24.6 Å². The Morgan fingerprint density at radius 2 is 2.23 bits per heavy atom. The second kappa shape index (κ2) is 6.89. The molecule has 0 radical (unpaired) electrons. The summed E-state index contributed by atoms with van der Waals surface area (Å²) in [6.45, 7) is 4.13. The van der Waals surface area contributed by atoms with Crippen LogP contribution in [0.1, 0.15) is 34.6 Å². The van der Waals surface area contributed by atoms with E-state index in [0.717, 1.165) is 24.3 Å². The third kappa shape index (κ3) is 2.97. The lowest BCUT2D eigenvalue weighted by atomic mass is 9.94. The normalized spacial score (nSPS) is 19.3. The lowest BCUT2D eigenvalue weighted by Crippen LogP contribution is -2.43. The number of nitrogens with zero attached hydrogens (tertiary/aromatic N) is 4. The summed E-state index contributed by atoms with van der Waals surface area (Å²) in [5.41, 5.74) is 2.88. The van der Waals surface area contributed by atoms with Gasteiger partial charge in [-0.3, -0.25) is 19.5 Å². The zero-order chi connectivity index (χ0) is 18.1. The van der Waals surface area contributed by atoms with Crippen LogP contribution in [0, 0.1) is 0 Å². The van der Waals surface area contributed by atoms with Gasteiger partial charge >= 0.3 is 0 Å². The summed E-state index contributed by atoms with van der Waals surface area (Å²) >= 11 is 0. The lowest BCUT2D eigenvalue weighted by Gasteiger charge is -2.28. The summed E-state index contributed by atoms with van der Waals surface area (Å²) < 4.78 is 0. The van der Waals surface area contributed by atoms with Gasteiger partial charge in [0.1, 0.15) is 12.0 Å². The molecule has 4 rings (SSSR count). The van der Waals surface area contributed by atoms with Gasteiger partial charge in [0.25, 0.3) is 0 Å². The van der Waals surface area contributed by atoms with Crippen LogP contribution in [0.5, 0.6) is 0 Å². The molecule has 2 N–H and O–H groups in total. The summed E-state index contributed by atoms with van der Waals surface area (Å²) in [6, 6.07) is 3.20. The largest absolute Gasteiger partial charge is 0.315 e. The Hall–Kier alpha value is -2.71. The molecule has 8 heteroatoms. The van der Waals surface area contributed by atoms with E-state index >= 15 is 0 Å². The topological polar surface area (TPSA) is 100 Å². The third-order valence-corrected chi connectivity index (χ3v) is 4.90. The van der Waals surface area contributed by atoms with Crippen LogP contribution in [0.2, 0.25) is 0 Å². The van der Waals surface area contributed by atoms with E-state index in [1.165, 1.54) is 6.33 Å². The van der Waals surface area contributed by atoms with Gasteiger partial charge in [0.2, 0.25) is 11.7 Å². The molecule has 134 valence electrons. The SMILES string of the molecule is CC1C(=O)c2ncc(C3CNC3)cc2N1C(=O)CNCc1ccncn1. The molecule has 8 nitrogen and oxygen atoms in total. The van der Waals surface area contributed by atoms with Gasteiger partial charge in [0.15, 0.2) is 0 Å². The highest BCUT2D eigenvalue weighted by Crippen LogP contribution is 2.33. The van der Waals surface area contributed by atoms with Crippen molar-refractivity contribution in [3.8, 4) is 0 Å². The highest BCUT2D eigenvalue weighted by Gasteiger charge is 2.39. The van der Waals surface area contributed by atoms with E-state index in [0.29, 0.717) is 23.8 Å². The number of amides is 1. The predicted octanol–water partition coefficient (Wildman–Crippen LogP) is 0.266. The molecular formula is C18H20N6O2. The number of anilines is 1. The highest BCUT2D eigenvalue weighted by molar-refractivity contribution is 6.16. The average Bonchev–Trinajstić information content (AvgIpc) is 2.85. The number of carbonyl (C=O) groups is 2. The summed E-state index contributed by atoms with van der Waals surface area (Å²) in [5, 5.41) is 6.31. The molecule has 1 saturated heterocycles. The number of aromatic nitrogens is 3. The average molecular weight is 352 g/mol. The molecule has 2 aliphatic rings. The highest BCUT2D eigenvalue weighted by atomic mass is 16.2. The van der Waals surface area contributed by atoms with Crippen LogP contribution in [0.4, 0.5) is 5.69 Å². The second-order valence-electron chi connectivity index (χ2n) is 6.60. The molecule has 1 amide bonds. The summed E-state index contributed by atoms with van der Waals surface area (Å²) in [6.07, 6.45) is 4.89. The van der Waals surface area contributed by atoms with Crippen LogP contribution in [0.15, 0.2) is 30.9 Å². The third-order valence-electron chi connectivity index (χ3n) is 4.90. The zero-order valence-electron chi connectivity index (χ0n) is 14.5. The number of fused-ring (bicyclic) bond motifs is 1. The van der Waals surface area contributed by atoms with Gasteiger partial charge in [-0.15, -0.1) is 0 Å². The van der Waals surface area contributed by atoms with E-state index < -0.39 is 6.04 Å². The minimum atomic E-state index is -0.527. The molecule has 0 saturated carbocycles. The lowest BCUT2D eigenvalue weighted by molar-refractivity contribution is -0.118. The number of nitrogens with one attached hydrogen (secondary N) is 2. The molecular weight excluding hydrogens is 332 g/mol. The Balaban J connectivity index is 1.49. The molecule has 2 aromatic rings. The monoisotopic (exact) mass is 352 g/mol. The van der Waals surface area contributed by atoms with E-state index in [9.17, 15) is 9.59 Å². The van der Waals surface area contributed by atoms with E-state index in [4.69, 9.17) is 0 Å². The summed E-state index contributed by atoms with van der Waals surface area (Å²) in [4.78, 5) is 39.1. The fourth-order valence-corrected chi connectivity index (χ4v) is 3.27. The minimum absolute atomic E-state index is 0.109. The van der Waals surface area contributed by atoms with Gasteiger partial charge in [-0.25, -0.2) is 9.97 Å². The first-order valence-electron chi connectivity index (χ1n) is 8.67. The number of carbonyl (C=O) groups excluding carboxylic acids is 2. The number of rotatable bonds is 5. The first-order valence-corrected chi connectivity index (χ1v) is 8.67. The molecule has 0 bridgehead atoms. The molecule has 0 aromatic carbocycles. The molecule has 1 unspecified atom stereocenters. The van der Waals surface area contributed by atoms with Crippen molar-refractivity contribution in [2.24, 2.45) is 0 Å². The maximum Gasteiger partial charge on any atom is 0.241 e. The molecule has 1 fully saturated rings. The van der Waals surface area contributed by atoms with E-state index in [1.807, 2.05) is 6.07 Å². The van der Waals surface area contributed by atoms with Crippen LogP contribution < -0.4 is 15.5 Å². The minimum Gasteiger partial charge on any atom is -0.315 e. The van der Waals surface area contributed by atoms with Crippen molar-refractivity contribution >= 4 is 17.4 Å². The molecule has 0 spiro atoms. The van der Waals surface area contributed by atoms with E-state index in [-0.39, 0.29) is 18.2 Å². The molecule has 0 aliphatic carbocycles. The zero-order valence-corrected chi connectivity index (χ0v) is 14.5. The number of ketones is 1. The van der Waals surface area contributed by atoms with E-state index in [1.54, 1.807) is 30.3 Å². The first kappa shape index (κ1) is 16.7. The maximum atomic E-state index is 12.8. The fourth-order valence-electron chi connectivity index (χ4n) is 3.27. The van der Waals surface area contributed by atoms with Gasteiger partial charge in [-0.2, -0.15) is 0 Å². The first-order chi connectivity index (χ1) is 12.6. The molecule has 2 aliphatic heterocycles. The van der Waals surface area contributed by atoms with Crippen molar-refractivity contribution in [3.63, 3.8) is 0 Å². The molecule has 2 aromatic heterocycles. The van der Waals surface area contributed by atoms with Crippen molar-refractivity contribution in [2.45, 2.75) is 25.4 Å². The van der Waals surface area contributed by atoms with Crippen molar-refractivity contribution in [1.29, 1.82) is 0 Å². The van der Waals surface area contributed by atoms with Crippen LogP contribution in [0.25, 0.3) is 0 Å². The predicted molar refractivity (Wildman–Crippen MR) is 94.9 cm³/mol. The number of hydrogen-bond donors (Lipinski definition) is 2. The van der Waals surface area contributed by atoms with Crippen molar-refractivity contribution in [1.82, 2.24) is 25.6 Å². The standard InChI is InChI=1S/C18H20N6O2/c1-11-18(26)17-15(4-12(7-22-17)13-5-20-6-13)24(11)16(25)9-21-8-14-2-3-19-10-23-14/h2-4,7,10-11,13,20-21H,5-6,8-9H2,1H3. The van der Waals surface area contributed by atoms with Crippen LogP contribution in [-0.4, -0.2) is 52.3 Å². The Bertz CT molecular complexity index is 837. The van der Waals surface area contributed by atoms with E-state index in [2.05, 4.69) is 25.6 Å². The van der Waals surface area contributed by atoms with Crippen LogP contribution in [0.3, 0.4) is 0 Å². The van der Waals surface area contributed by atoms with Crippen LogP contribution in [-0.2, 0) is 11.3 Å². The van der Waals surface area contributed by atoms with Crippen molar-refractivity contribution in [3.05, 3.63) is 47.8 Å². The Kier molecular flexibility index (Phi) is 4.44. The van der Waals surface area contributed by atoms with Gasteiger partial charge in [-0.1, -0.05) is 0 Å². The second-order valence-corrected chi connectivity index (χ2v) is 6.60. The quantitative estimate of drug-likeness (QED) is 0.796. The summed E-state index contributed by atoms with van der Waals surface area (Å²) in [5.74, 6) is 0.137. The molecule has 26 heavy (non-hydrogen) atoms. The smallest absolute Gasteiger partial charge is 0.241 e. The van der Waals surface area contributed by atoms with Crippen molar-refractivity contribution in [2.75, 3.05) is 24.5 Å². The van der Waals surface area contributed by atoms with Crippen LogP contribution >= 0.6 is 0 Å². The maximum absolute atomic E-state index is 12.8. The molecule has 4 heterocycles. The van der Waals surface area contributed by atoms with Gasteiger partial charge < -0.3 is 10.6 Å². The number of pyridine rings is 1. The van der Waals surface area contributed by atoms with Gasteiger partial charge in [0, 0.05) is 37.9 Å². The Morgan fingerprint density at radius 3 is 2.92 bits per heavy atom. The number of Topliss-reactive ketones (excluding diaryl/α,β-unsaturated/α-hetero) is 1. The summed E-state index contributed by atoms with van der Waals surface area (Å²) in [7, 11) is 0. The number of hydrogen-bond acceptors (Lipinski definition) is 7. The van der Waals surface area contributed by atoms with Crippen molar-refractivity contribution < 1.29 is 9.59 Å².